The van der Waals surface area contributed by atoms with Gasteiger partial charge in [0.05, 0.1) is 21.0 Å². The molecule has 4 nitrogen and oxygen atoms in total. The minimum Gasteiger partial charge on any atom is -0.374 e. The first-order valence-corrected chi connectivity index (χ1v) is 10.7. The lowest BCUT2D eigenvalue weighted by Crippen LogP contribution is -2.43. The van der Waals surface area contributed by atoms with E-state index in [1.54, 1.807) is 4.90 Å². The lowest BCUT2D eigenvalue weighted by Gasteiger charge is -2.36. The first kappa shape index (κ1) is 19.2. The number of hydrogen-bond donors (Lipinski definition) is 2. The number of likely N-dealkylation sites (N-methyl/N-ethyl adjacent to an activating group) is 1. The van der Waals surface area contributed by atoms with Crippen LogP contribution in [0.3, 0.4) is 0 Å². The van der Waals surface area contributed by atoms with Gasteiger partial charge in [-0.1, -0.05) is 35.7 Å². The van der Waals surface area contributed by atoms with E-state index < -0.39 is 5.54 Å². The van der Waals surface area contributed by atoms with Gasteiger partial charge in [0.2, 0.25) is 5.91 Å². The number of carbonyl (C=O) groups is 1. The molecular weight excluding hydrogens is 412 g/mol. The molecule has 2 heterocycles. The molecule has 0 bridgehead atoms. The Morgan fingerprint density at radius 1 is 1.17 bits per heavy atom. The number of nitrogens with one attached hydrogen (secondary N) is 2. The Morgan fingerprint density at radius 3 is 2.62 bits per heavy atom. The van der Waals surface area contributed by atoms with E-state index in [1.165, 1.54) is 12.1 Å². The van der Waals surface area contributed by atoms with E-state index >= 15 is 0 Å². The van der Waals surface area contributed by atoms with E-state index in [0.29, 0.717) is 23.6 Å². The Bertz CT molecular complexity index is 1020. The van der Waals surface area contributed by atoms with Crippen LogP contribution in [0.5, 0.6) is 0 Å². The SMILES string of the molecule is CN1C(=O)C2(CCC2)c2ccc(NC3(c4c(F)ccc(Cl)c4Cl)CCNC3)cc21. The van der Waals surface area contributed by atoms with Crippen molar-refractivity contribution in [3.05, 3.63) is 57.3 Å². The van der Waals surface area contributed by atoms with Crippen molar-refractivity contribution in [1.29, 1.82) is 0 Å². The molecule has 2 aromatic rings. The highest BCUT2D eigenvalue weighted by Gasteiger charge is 2.53. The van der Waals surface area contributed by atoms with Crippen molar-refractivity contribution in [2.75, 3.05) is 30.4 Å². The second-order valence-corrected chi connectivity index (χ2v) is 9.17. The van der Waals surface area contributed by atoms with Crippen molar-refractivity contribution < 1.29 is 9.18 Å². The van der Waals surface area contributed by atoms with Crippen molar-refractivity contribution in [3.8, 4) is 0 Å². The Balaban J connectivity index is 1.56. The topological polar surface area (TPSA) is 44.4 Å². The molecule has 1 amide bonds. The summed E-state index contributed by atoms with van der Waals surface area (Å²) >= 11 is 12.6. The van der Waals surface area contributed by atoms with Gasteiger partial charge in [0.1, 0.15) is 5.82 Å². The maximum absolute atomic E-state index is 14.9. The summed E-state index contributed by atoms with van der Waals surface area (Å²) in [6, 6.07) is 8.87. The van der Waals surface area contributed by atoms with Gasteiger partial charge in [-0.15, -0.1) is 0 Å². The molecule has 29 heavy (non-hydrogen) atoms. The summed E-state index contributed by atoms with van der Waals surface area (Å²) in [4.78, 5) is 14.6. The molecule has 2 N–H and O–H groups in total. The molecule has 1 saturated heterocycles. The number of rotatable bonds is 3. The third-order valence-electron chi connectivity index (χ3n) is 6.86. The molecule has 3 aliphatic rings. The molecule has 5 rings (SSSR count). The van der Waals surface area contributed by atoms with Gasteiger partial charge >= 0.3 is 0 Å². The number of halogens is 3. The number of fused-ring (bicyclic) bond motifs is 2. The quantitative estimate of drug-likeness (QED) is 0.681. The van der Waals surface area contributed by atoms with E-state index in [1.807, 2.05) is 25.2 Å². The first-order chi connectivity index (χ1) is 13.9. The second-order valence-electron chi connectivity index (χ2n) is 8.38. The lowest BCUT2D eigenvalue weighted by atomic mass is 9.65. The molecule has 2 aliphatic heterocycles. The van der Waals surface area contributed by atoms with Crippen LogP contribution in [-0.4, -0.2) is 26.0 Å². The maximum atomic E-state index is 14.9. The van der Waals surface area contributed by atoms with Crippen LogP contribution < -0.4 is 15.5 Å². The maximum Gasteiger partial charge on any atom is 0.237 e. The predicted molar refractivity (Wildman–Crippen MR) is 115 cm³/mol. The Morgan fingerprint density at radius 2 is 1.97 bits per heavy atom. The monoisotopic (exact) mass is 433 g/mol. The van der Waals surface area contributed by atoms with Gasteiger partial charge in [-0.3, -0.25) is 4.79 Å². The fourth-order valence-corrected chi connectivity index (χ4v) is 5.66. The van der Waals surface area contributed by atoms with E-state index in [0.717, 1.165) is 42.7 Å². The van der Waals surface area contributed by atoms with Crippen LogP contribution in [-0.2, 0) is 15.7 Å². The van der Waals surface area contributed by atoms with Gasteiger partial charge in [-0.25, -0.2) is 4.39 Å². The molecule has 0 aromatic heterocycles. The molecule has 1 unspecified atom stereocenters. The van der Waals surface area contributed by atoms with Gasteiger partial charge in [0.15, 0.2) is 0 Å². The van der Waals surface area contributed by atoms with Crippen LogP contribution in [0.25, 0.3) is 0 Å². The van der Waals surface area contributed by atoms with Gasteiger partial charge in [0.25, 0.3) is 0 Å². The molecule has 2 fully saturated rings. The van der Waals surface area contributed by atoms with E-state index in [4.69, 9.17) is 23.2 Å². The molecule has 0 radical (unpaired) electrons. The highest BCUT2D eigenvalue weighted by Crippen LogP contribution is 2.53. The van der Waals surface area contributed by atoms with Gasteiger partial charge < -0.3 is 15.5 Å². The molecule has 1 aliphatic carbocycles. The minimum absolute atomic E-state index is 0.178. The van der Waals surface area contributed by atoms with Crippen LogP contribution >= 0.6 is 23.2 Å². The standard InChI is InChI=1S/C22H22Cl2FN3O/c1-28-17-11-13(3-4-14(17)21(20(28)29)7-2-8-21)27-22(9-10-26-12-22)18-16(25)6-5-15(23)19(18)24/h3-6,11,26-27H,2,7-10,12H2,1H3. The number of nitrogens with zero attached hydrogens (tertiary/aromatic N) is 1. The zero-order valence-corrected chi connectivity index (χ0v) is 17.6. The lowest BCUT2D eigenvalue weighted by molar-refractivity contribution is -0.125. The van der Waals surface area contributed by atoms with Crippen LogP contribution in [0.4, 0.5) is 15.8 Å². The number of amides is 1. The number of benzene rings is 2. The van der Waals surface area contributed by atoms with Crippen LogP contribution in [0, 0.1) is 5.82 Å². The molecule has 1 spiro atoms. The van der Waals surface area contributed by atoms with Gasteiger partial charge in [-0.2, -0.15) is 0 Å². The van der Waals surface area contributed by atoms with Crippen molar-refractivity contribution in [2.24, 2.45) is 0 Å². The zero-order chi connectivity index (χ0) is 20.4. The molecule has 1 atom stereocenters. The third-order valence-corrected chi connectivity index (χ3v) is 7.66. The zero-order valence-electron chi connectivity index (χ0n) is 16.1. The number of anilines is 2. The Kier molecular flexibility index (Phi) is 4.36. The Labute approximate surface area is 179 Å². The molecule has 152 valence electrons. The van der Waals surface area contributed by atoms with Crippen molar-refractivity contribution >= 4 is 40.5 Å². The van der Waals surface area contributed by atoms with E-state index in [2.05, 4.69) is 10.6 Å². The first-order valence-electron chi connectivity index (χ1n) is 9.94. The van der Waals surface area contributed by atoms with Crippen LogP contribution in [0.15, 0.2) is 30.3 Å². The predicted octanol–water partition coefficient (Wildman–Crippen LogP) is 4.83. The fourth-order valence-electron chi connectivity index (χ4n) is 5.17. The van der Waals surface area contributed by atoms with Crippen molar-refractivity contribution in [2.45, 2.75) is 36.6 Å². The summed E-state index contributed by atoms with van der Waals surface area (Å²) in [5, 5.41) is 7.41. The van der Waals surface area contributed by atoms with E-state index in [9.17, 15) is 9.18 Å². The highest BCUT2D eigenvalue weighted by atomic mass is 35.5. The average Bonchev–Trinajstić information content (AvgIpc) is 3.21. The average molecular weight is 434 g/mol. The summed E-state index contributed by atoms with van der Waals surface area (Å²) in [6.07, 6.45) is 3.57. The van der Waals surface area contributed by atoms with Gasteiger partial charge in [-0.05, 0) is 55.6 Å². The summed E-state index contributed by atoms with van der Waals surface area (Å²) in [6.45, 7) is 1.27. The molecule has 1 saturated carbocycles. The van der Waals surface area contributed by atoms with Gasteiger partial charge in [0, 0.05) is 30.5 Å². The normalized spacial score (nSPS) is 24.7. The third kappa shape index (κ3) is 2.64. The minimum atomic E-state index is -0.713. The summed E-state index contributed by atoms with van der Waals surface area (Å²) in [5.41, 5.74) is 2.20. The fraction of sp³-hybridized carbons (Fsp3) is 0.409. The molecule has 7 heteroatoms. The summed E-state index contributed by atoms with van der Waals surface area (Å²) in [7, 11) is 1.83. The molecule has 2 aromatic carbocycles. The number of carbonyl (C=O) groups excluding carboxylic acids is 1. The summed E-state index contributed by atoms with van der Waals surface area (Å²) in [5.74, 6) is -0.199. The van der Waals surface area contributed by atoms with Crippen molar-refractivity contribution in [3.63, 3.8) is 0 Å². The van der Waals surface area contributed by atoms with Crippen LogP contribution in [0.2, 0.25) is 10.0 Å². The Hall–Kier alpha value is -1.82. The molecular formula is C22H22Cl2FN3O. The van der Waals surface area contributed by atoms with E-state index in [-0.39, 0.29) is 22.2 Å². The smallest absolute Gasteiger partial charge is 0.237 e. The number of hydrogen-bond acceptors (Lipinski definition) is 3. The summed E-state index contributed by atoms with van der Waals surface area (Å²) < 4.78 is 14.9. The van der Waals surface area contributed by atoms with Crippen molar-refractivity contribution in [1.82, 2.24) is 5.32 Å². The second kappa shape index (κ2) is 6.59. The van der Waals surface area contributed by atoms with Crippen LogP contribution in [0.1, 0.15) is 36.8 Å². The largest absolute Gasteiger partial charge is 0.374 e. The highest BCUT2D eigenvalue weighted by molar-refractivity contribution is 6.42.